The summed E-state index contributed by atoms with van der Waals surface area (Å²) in [5, 5.41) is 2.96. The van der Waals surface area contributed by atoms with E-state index in [1.54, 1.807) is 8.61 Å². The number of piperazine rings is 1. The first-order valence-electron chi connectivity index (χ1n) is 11.4. The fourth-order valence-corrected chi connectivity index (χ4v) is 6.81. The fourth-order valence-electron chi connectivity index (χ4n) is 5.14. The molecule has 1 saturated carbocycles. The van der Waals surface area contributed by atoms with Gasteiger partial charge in [-0.15, -0.1) is 0 Å². The van der Waals surface area contributed by atoms with E-state index in [0.29, 0.717) is 58.0 Å². The Labute approximate surface area is 179 Å². The Hall–Kier alpha value is -1.23. The Morgan fingerprint density at radius 2 is 1.47 bits per heavy atom. The zero-order chi connectivity index (χ0) is 21.4. The van der Waals surface area contributed by atoms with Gasteiger partial charge in [-0.25, -0.2) is 9.69 Å². The van der Waals surface area contributed by atoms with E-state index in [1.807, 2.05) is 4.90 Å². The van der Waals surface area contributed by atoms with Gasteiger partial charge >= 0.3 is 6.03 Å². The van der Waals surface area contributed by atoms with Gasteiger partial charge in [-0.2, -0.15) is 17.0 Å². The maximum atomic E-state index is 13.0. The van der Waals surface area contributed by atoms with Crippen LogP contribution in [0.3, 0.4) is 0 Å². The molecule has 170 valence electrons. The molecule has 4 rings (SSSR count). The van der Waals surface area contributed by atoms with Gasteiger partial charge in [0, 0.05) is 39.3 Å². The lowest BCUT2D eigenvalue weighted by Gasteiger charge is -2.37. The first-order chi connectivity index (χ1) is 14.3. The molecular weight excluding hydrogens is 406 g/mol. The zero-order valence-electron chi connectivity index (χ0n) is 18.0. The molecule has 0 aromatic rings. The first kappa shape index (κ1) is 22.0. The number of carbonyl (C=O) groups is 2. The molecule has 3 amide bonds. The van der Waals surface area contributed by atoms with Gasteiger partial charge in [0.05, 0.1) is 6.67 Å². The number of amides is 3. The van der Waals surface area contributed by atoms with Crippen molar-refractivity contribution in [2.24, 2.45) is 5.92 Å². The van der Waals surface area contributed by atoms with Crippen molar-refractivity contribution in [2.45, 2.75) is 63.8 Å². The summed E-state index contributed by atoms with van der Waals surface area (Å²) < 4.78 is 29.2. The molecule has 0 atom stereocenters. The molecule has 3 saturated heterocycles. The Bertz CT molecular complexity index is 749. The van der Waals surface area contributed by atoms with E-state index in [1.165, 1.54) is 4.90 Å². The number of hydrogen-bond donors (Lipinski definition) is 1. The van der Waals surface area contributed by atoms with Crippen LogP contribution in [0, 0.1) is 5.92 Å². The van der Waals surface area contributed by atoms with Crippen molar-refractivity contribution >= 4 is 22.1 Å². The van der Waals surface area contributed by atoms with Crippen molar-refractivity contribution in [3.63, 3.8) is 0 Å². The van der Waals surface area contributed by atoms with Gasteiger partial charge in [0.15, 0.2) is 0 Å². The van der Waals surface area contributed by atoms with Crippen molar-refractivity contribution in [3.8, 4) is 0 Å². The number of carbonyl (C=O) groups excluding carboxylic acids is 2. The molecule has 1 aliphatic carbocycles. The lowest BCUT2D eigenvalue weighted by molar-refractivity contribution is -0.134. The molecule has 30 heavy (non-hydrogen) atoms. The van der Waals surface area contributed by atoms with Gasteiger partial charge < -0.3 is 5.32 Å². The highest BCUT2D eigenvalue weighted by Gasteiger charge is 2.52. The topological polar surface area (TPSA) is 93.3 Å². The highest BCUT2D eigenvalue weighted by molar-refractivity contribution is 7.86. The van der Waals surface area contributed by atoms with Gasteiger partial charge in [-0.05, 0) is 44.4 Å². The van der Waals surface area contributed by atoms with Gasteiger partial charge in [-0.1, -0.05) is 19.8 Å². The van der Waals surface area contributed by atoms with Crippen LogP contribution >= 0.6 is 0 Å². The van der Waals surface area contributed by atoms with Crippen LogP contribution in [0.2, 0.25) is 0 Å². The maximum absolute atomic E-state index is 13.0. The van der Waals surface area contributed by atoms with E-state index >= 15 is 0 Å². The third kappa shape index (κ3) is 4.24. The molecular formula is C20H35N5O4S. The Kier molecular flexibility index (Phi) is 6.39. The molecule has 0 unspecified atom stereocenters. The standard InChI is InChI=1S/C20H35N5O4S/c1-17-6-8-20(9-7-17)18(26)25(19(27)21-20)16-22-12-14-24(15-13-22)30(28,29)23-10-4-2-3-5-11-23/h17H,2-16H2,1H3,(H,21,27). The normalized spacial score (nSPS) is 33.1. The molecule has 10 heteroatoms. The quantitative estimate of drug-likeness (QED) is 0.662. The van der Waals surface area contributed by atoms with Crippen molar-refractivity contribution in [2.75, 3.05) is 45.9 Å². The number of nitrogens with zero attached hydrogens (tertiary/aromatic N) is 4. The van der Waals surface area contributed by atoms with Crippen molar-refractivity contribution in [3.05, 3.63) is 0 Å². The summed E-state index contributed by atoms with van der Waals surface area (Å²) in [5.74, 6) is 0.479. The highest BCUT2D eigenvalue weighted by Crippen LogP contribution is 2.36. The second kappa shape index (κ2) is 8.72. The second-order valence-electron chi connectivity index (χ2n) is 9.41. The van der Waals surface area contributed by atoms with E-state index in [4.69, 9.17) is 0 Å². The third-order valence-electron chi connectivity index (χ3n) is 7.26. The van der Waals surface area contributed by atoms with Crippen LogP contribution in [0.15, 0.2) is 0 Å². The number of nitrogens with one attached hydrogen (secondary N) is 1. The fraction of sp³-hybridized carbons (Fsp3) is 0.900. The summed E-state index contributed by atoms with van der Waals surface area (Å²) in [4.78, 5) is 28.9. The largest absolute Gasteiger partial charge is 0.326 e. The number of rotatable bonds is 4. The average Bonchev–Trinajstić information content (AvgIpc) is 2.94. The predicted molar refractivity (Wildman–Crippen MR) is 113 cm³/mol. The summed E-state index contributed by atoms with van der Waals surface area (Å²) in [6.45, 7) is 5.46. The molecule has 0 aromatic carbocycles. The molecule has 0 bridgehead atoms. The molecule has 4 fully saturated rings. The van der Waals surface area contributed by atoms with Gasteiger partial charge in [0.2, 0.25) is 0 Å². The van der Waals surface area contributed by atoms with Crippen LogP contribution in [0.4, 0.5) is 4.79 Å². The lowest BCUT2D eigenvalue weighted by atomic mass is 9.77. The van der Waals surface area contributed by atoms with Crippen molar-refractivity contribution in [1.82, 2.24) is 23.7 Å². The lowest BCUT2D eigenvalue weighted by Crippen LogP contribution is -2.55. The third-order valence-corrected chi connectivity index (χ3v) is 9.30. The van der Waals surface area contributed by atoms with Crippen LogP contribution in [0.5, 0.6) is 0 Å². The molecule has 9 nitrogen and oxygen atoms in total. The van der Waals surface area contributed by atoms with Crippen LogP contribution in [0.25, 0.3) is 0 Å². The van der Waals surface area contributed by atoms with Gasteiger partial charge in [0.1, 0.15) is 5.54 Å². The molecule has 0 radical (unpaired) electrons. The van der Waals surface area contributed by atoms with E-state index < -0.39 is 15.7 Å². The summed E-state index contributed by atoms with van der Waals surface area (Å²) in [6, 6.07) is -0.311. The van der Waals surface area contributed by atoms with Crippen LogP contribution < -0.4 is 5.32 Å². The summed E-state index contributed by atoms with van der Waals surface area (Å²) in [5.41, 5.74) is -0.721. The van der Waals surface area contributed by atoms with E-state index in [0.717, 1.165) is 38.5 Å². The zero-order valence-corrected chi connectivity index (χ0v) is 18.8. The predicted octanol–water partition coefficient (Wildman–Crippen LogP) is 1.18. The minimum absolute atomic E-state index is 0.112. The molecule has 3 heterocycles. The average molecular weight is 442 g/mol. The van der Waals surface area contributed by atoms with Gasteiger partial charge in [0.25, 0.3) is 16.1 Å². The van der Waals surface area contributed by atoms with Crippen LogP contribution in [0.1, 0.15) is 58.3 Å². The molecule has 1 N–H and O–H groups in total. The monoisotopic (exact) mass is 441 g/mol. The Morgan fingerprint density at radius 1 is 0.900 bits per heavy atom. The van der Waals surface area contributed by atoms with E-state index in [9.17, 15) is 18.0 Å². The number of hydrogen-bond acceptors (Lipinski definition) is 5. The smallest absolute Gasteiger partial charge is 0.323 e. The molecule has 0 aromatic heterocycles. The molecule has 1 spiro atoms. The number of imide groups is 1. The summed E-state index contributed by atoms with van der Waals surface area (Å²) in [7, 11) is -3.43. The first-order valence-corrected chi connectivity index (χ1v) is 12.8. The summed E-state index contributed by atoms with van der Waals surface area (Å²) in [6.07, 6.45) is 7.34. The van der Waals surface area contributed by atoms with Crippen LogP contribution in [-0.4, -0.2) is 90.2 Å². The van der Waals surface area contributed by atoms with Crippen LogP contribution in [-0.2, 0) is 15.0 Å². The SMILES string of the molecule is CC1CCC2(CC1)NC(=O)N(CN1CCN(S(=O)(=O)N3CCCCCC3)CC1)C2=O. The van der Waals surface area contributed by atoms with E-state index in [2.05, 4.69) is 12.2 Å². The molecule has 3 aliphatic heterocycles. The second-order valence-corrected chi connectivity index (χ2v) is 11.3. The summed E-state index contributed by atoms with van der Waals surface area (Å²) >= 11 is 0. The minimum atomic E-state index is -3.43. The Morgan fingerprint density at radius 3 is 2.07 bits per heavy atom. The van der Waals surface area contributed by atoms with E-state index in [-0.39, 0.29) is 18.6 Å². The van der Waals surface area contributed by atoms with Gasteiger partial charge in [-0.3, -0.25) is 9.69 Å². The van der Waals surface area contributed by atoms with Crippen molar-refractivity contribution < 1.29 is 18.0 Å². The molecule has 4 aliphatic rings. The maximum Gasteiger partial charge on any atom is 0.326 e. The Balaban J connectivity index is 1.32. The highest BCUT2D eigenvalue weighted by atomic mass is 32.2. The minimum Gasteiger partial charge on any atom is -0.323 e. The van der Waals surface area contributed by atoms with Crippen molar-refractivity contribution in [1.29, 1.82) is 0 Å². The number of urea groups is 1.